The number of ether oxygens (including phenoxy) is 2. The number of nitrogens with two attached hydrogens (primary N) is 2. The molecule has 94 valence electrons. The maximum atomic E-state index is 10.9. The smallest absolute Gasteiger partial charge is 0.323 e. The quantitative estimate of drug-likeness (QED) is 0.446. The highest BCUT2D eigenvalue weighted by Gasteiger charge is 2.15. The van der Waals surface area contributed by atoms with Crippen molar-refractivity contribution in [1.29, 1.82) is 0 Å². The van der Waals surface area contributed by atoms with Gasteiger partial charge in [0.2, 0.25) is 0 Å². The Morgan fingerprint density at radius 1 is 1.12 bits per heavy atom. The molecule has 0 saturated heterocycles. The standard InChI is InChI=1S/C9H18N2O4S/c1-14-8(12)6(10)3-4-16-5-7(11)9(13)15-2/h6-7H,3-5,10-11H2,1-2H3/t6-,7-/m0/s1. The van der Waals surface area contributed by atoms with E-state index in [1.165, 1.54) is 26.0 Å². The van der Waals surface area contributed by atoms with Crippen LogP contribution in [0.25, 0.3) is 0 Å². The van der Waals surface area contributed by atoms with Gasteiger partial charge in [0.1, 0.15) is 12.1 Å². The van der Waals surface area contributed by atoms with Crippen LogP contribution < -0.4 is 11.5 Å². The lowest BCUT2D eigenvalue weighted by atomic mass is 10.2. The van der Waals surface area contributed by atoms with Crippen molar-refractivity contribution in [2.45, 2.75) is 18.5 Å². The fourth-order valence-electron chi connectivity index (χ4n) is 0.909. The summed E-state index contributed by atoms with van der Waals surface area (Å²) in [6.07, 6.45) is 0.491. The molecular formula is C9H18N2O4S. The van der Waals surface area contributed by atoms with Crippen LogP contribution in [0.3, 0.4) is 0 Å². The Kier molecular flexibility index (Phi) is 7.96. The second-order valence-corrected chi connectivity index (χ2v) is 4.27. The molecule has 0 aromatic rings. The Bertz CT molecular complexity index is 214. The normalized spacial score (nSPS) is 14.0. The van der Waals surface area contributed by atoms with E-state index in [4.69, 9.17) is 11.5 Å². The average molecular weight is 250 g/mol. The molecular weight excluding hydrogens is 232 g/mol. The Labute approximate surface area is 99.0 Å². The fourth-order valence-corrected chi connectivity index (χ4v) is 1.89. The zero-order chi connectivity index (χ0) is 12.6. The summed E-state index contributed by atoms with van der Waals surface area (Å²) >= 11 is 1.45. The number of carbonyl (C=O) groups excluding carboxylic acids is 2. The van der Waals surface area contributed by atoms with Gasteiger partial charge >= 0.3 is 11.9 Å². The molecule has 16 heavy (non-hydrogen) atoms. The van der Waals surface area contributed by atoms with E-state index in [-0.39, 0.29) is 0 Å². The van der Waals surface area contributed by atoms with Gasteiger partial charge in [-0.25, -0.2) is 0 Å². The Morgan fingerprint density at radius 2 is 1.62 bits per heavy atom. The molecule has 0 rings (SSSR count). The molecule has 0 unspecified atom stereocenters. The van der Waals surface area contributed by atoms with Crippen LogP contribution in [-0.2, 0) is 19.1 Å². The fraction of sp³-hybridized carbons (Fsp3) is 0.778. The molecule has 0 bridgehead atoms. The minimum Gasteiger partial charge on any atom is -0.468 e. The first-order valence-corrected chi connectivity index (χ1v) is 5.93. The summed E-state index contributed by atoms with van der Waals surface area (Å²) in [7, 11) is 2.59. The largest absolute Gasteiger partial charge is 0.468 e. The van der Waals surface area contributed by atoms with Crippen molar-refractivity contribution >= 4 is 23.7 Å². The molecule has 0 radical (unpaired) electrons. The molecule has 0 aliphatic rings. The highest BCUT2D eigenvalue weighted by molar-refractivity contribution is 7.99. The summed E-state index contributed by atoms with van der Waals surface area (Å²) in [4.78, 5) is 21.9. The molecule has 4 N–H and O–H groups in total. The summed E-state index contributed by atoms with van der Waals surface area (Å²) in [5, 5.41) is 0. The van der Waals surface area contributed by atoms with Crippen molar-refractivity contribution in [2.24, 2.45) is 11.5 Å². The van der Waals surface area contributed by atoms with Crippen molar-refractivity contribution in [2.75, 3.05) is 25.7 Å². The molecule has 0 aromatic carbocycles. The van der Waals surface area contributed by atoms with Crippen molar-refractivity contribution in [3.63, 3.8) is 0 Å². The van der Waals surface area contributed by atoms with Gasteiger partial charge in [0.25, 0.3) is 0 Å². The van der Waals surface area contributed by atoms with Crippen LogP contribution in [0.1, 0.15) is 6.42 Å². The van der Waals surface area contributed by atoms with Gasteiger partial charge in [0.15, 0.2) is 0 Å². The van der Waals surface area contributed by atoms with E-state index < -0.39 is 24.0 Å². The van der Waals surface area contributed by atoms with E-state index in [0.29, 0.717) is 17.9 Å². The maximum Gasteiger partial charge on any atom is 0.323 e. The molecule has 6 nitrogen and oxygen atoms in total. The zero-order valence-electron chi connectivity index (χ0n) is 9.47. The van der Waals surface area contributed by atoms with Crippen LogP contribution in [0.5, 0.6) is 0 Å². The average Bonchev–Trinajstić information content (AvgIpc) is 2.31. The van der Waals surface area contributed by atoms with Crippen molar-refractivity contribution in [3.8, 4) is 0 Å². The Morgan fingerprint density at radius 3 is 2.12 bits per heavy atom. The number of carbonyl (C=O) groups is 2. The highest BCUT2D eigenvalue weighted by Crippen LogP contribution is 2.06. The molecule has 0 heterocycles. The number of hydrogen-bond acceptors (Lipinski definition) is 7. The summed E-state index contributed by atoms with van der Waals surface area (Å²) in [6.45, 7) is 0. The van der Waals surface area contributed by atoms with Crippen LogP contribution in [0.15, 0.2) is 0 Å². The number of hydrogen-bond donors (Lipinski definition) is 2. The van der Waals surface area contributed by atoms with Gasteiger partial charge < -0.3 is 20.9 Å². The molecule has 2 atom stereocenters. The topological polar surface area (TPSA) is 105 Å². The molecule has 0 amide bonds. The van der Waals surface area contributed by atoms with E-state index in [2.05, 4.69) is 9.47 Å². The van der Waals surface area contributed by atoms with Gasteiger partial charge in [-0.15, -0.1) is 0 Å². The zero-order valence-corrected chi connectivity index (χ0v) is 10.3. The van der Waals surface area contributed by atoms with Crippen LogP contribution in [0, 0.1) is 0 Å². The summed E-state index contributed by atoms with van der Waals surface area (Å²) in [5.74, 6) is 0.212. The molecule has 0 aliphatic carbocycles. The van der Waals surface area contributed by atoms with Gasteiger partial charge in [-0.1, -0.05) is 0 Å². The first-order chi connectivity index (χ1) is 7.52. The lowest BCUT2D eigenvalue weighted by Crippen LogP contribution is -2.35. The van der Waals surface area contributed by atoms with E-state index in [0.717, 1.165) is 0 Å². The third-order valence-electron chi connectivity index (χ3n) is 1.88. The summed E-state index contributed by atoms with van der Waals surface area (Å²) in [6, 6.07) is -1.25. The number of esters is 2. The van der Waals surface area contributed by atoms with Crippen molar-refractivity contribution < 1.29 is 19.1 Å². The number of methoxy groups -OCH3 is 2. The predicted octanol–water partition coefficient (Wildman–Crippen LogP) is -0.890. The van der Waals surface area contributed by atoms with Crippen LogP contribution in [0.2, 0.25) is 0 Å². The van der Waals surface area contributed by atoms with Gasteiger partial charge in [-0.2, -0.15) is 11.8 Å². The first kappa shape index (κ1) is 15.2. The van der Waals surface area contributed by atoms with E-state index in [1.54, 1.807) is 0 Å². The molecule has 0 fully saturated rings. The van der Waals surface area contributed by atoms with Crippen LogP contribution in [-0.4, -0.2) is 49.7 Å². The van der Waals surface area contributed by atoms with Gasteiger partial charge in [0.05, 0.1) is 14.2 Å². The molecule has 0 saturated carbocycles. The third kappa shape index (κ3) is 5.94. The lowest BCUT2D eigenvalue weighted by Gasteiger charge is -2.10. The minimum atomic E-state index is -0.635. The molecule has 0 spiro atoms. The van der Waals surface area contributed by atoms with Crippen molar-refractivity contribution in [1.82, 2.24) is 0 Å². The minimum absolute atomic E-state index is 0.433. The SMILES string of the molecule is COC(=O)[C@@H](N)CCSC[C@H](N)C(=O)OC. The summed E-state index contributed by atoms with van der Waals surface area (Å²) < 4.78 is 8.94. The second-order valence-electron chi connectivity index (χ2n) is 3.12. The monoisotopic (exact) mass is 250 g/mol. The van der Waals surface area contributed by atoms with Gasteiger partial charge in [-0.05, 0) is 12.2 Å². The summed E-state index contributed by atoms with van der Waals surface area (Å²) in [5.41, 5.74) is 11.0. The molecule has 7 heteroatoms. The highest BCUT2D eigenvalue weighted by atomic mass is 32.2. The maximum absolute atomic E-state index is 10.9. The Balaban J connectivity index is 3.60. The third-order valence-corrected chi connectivity index (χ3v) is 3.00. The molecule has 0 aromatic heterocycles. The number of rotatable bonds is 7. The first-order valence-electron chi connectivity index (χ1n) is 4.77. The van der Waals surface area contributed by atoms with Gasteiger partial charge in [-0.3, -0.25) is 9.59 Å². The van der Waals surface area contributed by atoms with Crippen LogP contribution >= 0.6 is 11.8 Å². The Hall–Kier alpha value is -0.790. The van der Waals surface area contributed by atoms with Gasteiger partial charge in [0, 0.05) is 5.75 Å². The van der Waals surface area contributed by atoms with E-state index >= 15 is 0 Å². The van der Waals surface area contributed by atoms with E-state index in [9.17, 15) is 9.59 Å². The molecule has 0 aliphatic heterocycles. The predicted molar refractivity (Wildman–Crippen MR) is 61.9 cm³/mol. The number of thioether (sulfide) groups is 1. The van der Waals surface area contributed by atoms with Crippen molar-refractivity contribution in [3.05, 3.63) is 0 Å². The second kappa shape index (κ2) is 8.37. The van der Waals surface area contributed by atoms with Crippen LogP contribution in [0.4, 0.5) is 0 Å². The van der Waals surface area contributed by atoms with E-state index in [1.807, 2.05) is 0 Å². The lowest BCUT2D eigenvalue weighted by molar-refractivity contribution is -0.142.